The molecule has 2 aromatic rings. The molecule has 0 aliphatic carbocycles. The zero-order chi connectivity index (χ0) is 13.1. The Morgan fingerprint density at radius 1 is 1.50 bits per heavy atom. The molecule has 1 aromatic heterocycles. The van der Waals surface area contributed by atoms with E-state index in [4.69, 9.17) is 0 Å². The Morgan fingerprint density at radius 2 is 2.28 bits per heavy atom. The maximum Gasteiger partial charge on any atom is 0.164 e. The molecule has 1 heterocycles. The van der Waals surface area contributed by atoms with Gasteiger partial charge in [-0.05, 0) is 43.1 Å². The third-order valence-electron chi connectivity index (χ3n) is 2.56. The monoisotopic (exact) mass is 264 g/mol. The minimum absolute atomic E-state index is 0.0111. The van der Waals surface area contributed by atoms with Crippen LogP contribution in [0.25, 0.3) is 0 Å². The molecule has 0 atom stereocenters. The first kappa shape index (κ1) is 12.7. The van der Waals surface area contributed by atoms with E-state index in [2.05, 4.69) is 9.69 Å². The number of nitrogens with one attached hydrogen (secondary N) is 1. The van der Waals surface area contributed by atoms with Crippen molar-refractivity contribution in [1.29, 1.82) is 0 Å². The average Bonchev–Trinajstić information content (AvgIpc) is 2.68. The molecular weight excluding hydrogens is 251 g/mol. The molecule has 0 amide bonds. The second-order valence-corrected chi connectivity index (χ2v) is 4.79. The van der Waals surface area contributed by atoms with Crippen LogP contribution >= 0.6 is 11.5 Å². The summed E-state index contributed by atoms with van der Waals surface area (Å²) in [6, 6.07) is 6.36. The second-order valence-electron chi connectivity index (χ2n) is 4.01. The molecular formula is C13H13FN2OS. The number of anilines is 1. The van der Waals surface area contributed by atoms with Gasteiger partial charge >= 0.3 is 0 Å². The van der Waals surface area contributed by atoms with Crippen molar-refractivity contribution in [1.82, 2.24) is 4.37 Å². The van der Waals surface area contributed by atoms with Gasteiger partial charge < -0.3 is 5.32 Å². The van der Waals surface area contributed by atoms with E-state index < -0.39 is 0 Å². The number of nitrogens with zero attached hydrogens (tertiary/aromatic N) is 1. The number of ketones is 1. The number of hydrogen-bond acceptors (Lipinski definition) is 4. The molecule has 0 aliphatic heterocycles. The topological polar surface area (TPSA) is 42.0 Å². The first-order valence-electron chi connectivity index (χ1n) is 5.53. The highest BCUT2D eigenvalue weighted by atomic mass is 32.1. The SMILES string of the molecule is CC(=O)c1c(C)nsc1NCc1cccc(F)c1. The van der Waals surface area contributed by atoms with E-state index in [0.717, 1.165) is 16.3 Å². The fourth-order valence-corrected chi connectivity index (χ4v) is 2.57. The van der Waals surface area contributed by atoms with Gasteiger partial charge in [0.2, 0.25) is 0 Å². The maximum atomic E-state index is 13.0. The van der Waals surface area contributed by atoms with Crippen LogP contribution in [0.4, 0.5) is 9.39 Å². The number of benzene rings is 1. The van der Waals surface area contributed by atoms with Crippen molar-refractivity contribution in [3.63, 3.8) is 0 Å². The highest BCUT2D eigenvalue weighted by Gasteiger charge is 2.14. The summed E-state index contributed by atoms with van der Waals surface area (Å²) in [6.07, 6.45) is 0. The van der Waals surface area contributed by atoms with Gasteiger partial charge in [0.05, 0.1) is 11.3 Å². The van der Waals surface area contributed by atoms with E-state index >= 15 is 0 Å². The lowest BCUT2D eigenvalue weighted by molar-refractivity contribution is 0.101. The molecule has 0 bridgehead atoms. The largest absolute Gasteiger partial charge is 0.371 e. The lowest BCUT2D eigenvalue weighted by atomic mass is 10.1. The summed E-state index contributed by atoms with van der Waals surface area (Å²) in [6.45, 7) is 3.80. The van der Waals surface area contributed by atoms with Crippen LogP contribution in [0.2, 0.25) is 0 Å². The molecule has 0 saturated heterocycles. The van der Waals surface area contributed by atoms with Crippen LogP contribution < -0.4 is 5.32 Å². The molecule has 1 aromatic carbocycles. The number of aryl methyl sites for hydroxylation is 1. The zero-order valence-corrected chi connectivity index (χ0v) is 11.0. The van der Waals surface area contributed by atoms with E-state index in [9.17, 15) is 9.18 Å². The summed E-state index contributed by atoms with van der Waals surface area (Å²) in [7, 11) is 0. The van der Waals surface area contributed by atoms with Gasteiger partial charge in [-0.25, -0.2) is 4.39 Å². The van der Waals surface area contributed by atoms with Crippen LogP contribution in [0.1, 0.15) is 28.5 Å². The summed E-state index contributed by atoms with van der Waals surface area (Å²) in [5.74, 6) is -0.274. The number of carbonyl (C=O) groups excluding carboxylic acids is 1. The van der Waals surface area contributed by atoms with Crippen LogP contribution in [-0.2, 0) is 6.54 Å². The number of Topliss-reactive ketones (excluding diaryl/α,β-unsaturated/α-hetero) is 1. The predicted molar refractivity (Wildman–Crippen MR) is 70.6 cm³/mol. The lowest BCUT2D eigenvalue weighted by Gasteiger charge is -2.05. The zero-order valence-electron chi connectivity index (χ0n) is 10.2. The molecule has 0 saturated carbocycles. The Kier molecular flexibility index (Phi) is 3.72. The van der Waals surface area contributed by atoms with Gasteiger partial charge in [-0.1, -0.05) is 12.1 Å². The van der Waals surface area contributed by atoms with Gasteiger partial charge in [0.1, 0.15) is 10.8 Å². The fraction of sp³-hybridized carbons (Fsp3) is 0.231. The first-order valence-corrected chi connectivity index (χ1v) is 6.31. The average molecular weight is 264 g/mol. The van der Waals surface area contributed by atoms with Crippen molar-refractivity contribution in [2.75, 3.05) is 5.32 Å². The van der Waals surface area contributed by atoms with Gasteiger partial charge in [-0.15, -0.1) is 0 Å². The fourth-order valence-electron chi connectivity index (χ4n) is 1.73. The van der Waals surface area contributed by atoms with Crippen molar-refractivity contribution >= 4 is 22.3 Å². The summed E-state index contributed by atoms with van der Waals surface area (Å²) < 4.78 is 17.2. The Morgan fingerprint density at radius 3 is 2.94 bits per heavy atom. The number of carbonyl (C=O) groups is 1. The Bertz CT molecular complexity index is 580. The predicted octanol–water partition coefficient (Wildman–Crippen LogP) is 3.41. The molecule has 0 radical (unpaired) electrons. The van der Waals surface area contributed by atoms with Crippen molar-refractivity contribution in [2.45, 2.75) is 20.4 Å². The van der Waals surface area contributed by atoms with E-state index in [1.807, 2.05) is 6.07 Å². The van der Waals surface area contributed by atoms with Gasteiger partial charge in [0.25, 0.3) is 0 Å². The third-order valence-corrected chi connectivity index (χ3v) is 3.45. The number of hydrogen-bond donors (Lipinski definition) is 1. The molecule has 0 fully saturated rings. The van der Waals surface area contributed by atoms with Crippen LogP contribution in [0.15, 0.2) is 24.3 Å². The van der Waals surface area contributed by atoms with E-state index in [1.54, 1.807) is 13.0 Å². The quantitative estimate of drug-likeness (QED) is 0.860. The highest BCUT2D eigenvalue weighted by Crippen LogP contribution is 2.25. The molecule has 2 rings (SSSR count). The van der Waals surface area contributed by atoms with Crippen LogP contribution in [-0.4, -0.2) is 10.2 Å². The van der Waals surface area contributed by atoms with Gasteiger partial charge in [0, 0.05) is 6.54 Å². The normalized spacial score (nSPS) is 10.4. The minimum Gasteiger partial charge on any atom is -0.371 e. The van der Waals surface area contributed by atoms with Crippen molar-refractivity contribution in [3.8, 4) is 0 Å². The standard InChI is InChI=1S/C13H13FN2OS/c1-8-12(9(2)17)13(18-16-8)15-7-10-4-3-5-11(14)6-10/h3-6,15H,7H2,1-2H3. The maximum absolute atomic E-state index is 13.0. The molecule has 18 heavy (non-hydrogen) atoms. The summed E-state index contributed by atoms with van der Waals surface area (Å²) in [5.41, 5.74) is 2.18. The number of halogens is 1. The molecule has 3 nitrogen and oxygen atoms in total. The Hall–Kier alpha value is -1.75. The molecule has 94 valence electrons. The summed E-state index contributed by atoms with van der Waals surface area (Å²) in [5, 5.41) is 3.87. The van der Waals surface area contributed by atoms with Gasteiger partial charge in [-0.2, -0.15) is 4.37 Å². The van der Waals surface area contributed by atoms with Crippen molar-refractivity contribution in [2.24, 2.45) is 0 Å². The van der Waals surface area contributed by atoms with Crippen LogP contribution in [0, 0.1) is 12.7 Å². The van der Waals surface area contributed by atoms with E-state index in [0.29, 0.717) is 12.1 Å². The molecule has 1 N–H and O–H groups in total. The molecule has 0 aliphatic rings. The van der Waals surface area contributed by atoms with Crippen LogP contribution in [0.5, 0.6) is 0 Å². The minimum atomic E-state index is -0.262. The molecule has 0 unspecified atom stereocenters. The molecule has 0 spiro atoms. The van der Waals surface area contributed by atoms with Crippen LogP contribution in [0.3, 0.4) is 0 Å². The van der Waals surface area contributed by atoms with E-state index in [1.165, 1.54) is 30.6 Å². The third kappa shape index (κ3) is 2.73. The molecule has 5 heteroatoms. The van der Waals surface area contributed by atoms with Gasteiger partial charge in [-0.3, -0.25) is 4.79 Å². The summed E-state index contributed by atoms with van der Waals surface area (Å²) in [4.78, 5) is 11.5. The lowest BCUT2D eigenvalue weighted by Crippen LogP contribution is -2.03. The smallest absolute Gasteiger partial charge is 0.164 e. The number of rotatable bonds is 4. The Balaban J connectivity index is 2.13. The van der Waals surface area contributed by atoms with Crippen molar-refractivity contribution in [3.05, 3.63) is 46.9 Å². The Labute approximate surface area is 109 Å². The number of aromatic nitrogens is 1. The van der Waals surface area contributed by atoms with E-state index in [-0.39, 0.29) is 11.6 Å². The first-order chi connectivity index (χ1) is 8.58. The van der Waals surface area contributed by atoms with Crippen molar-refractivity contribution < 1.29 is 9.18 Å². The summed E-state index contributed by atoms with van der Waals surface area (Å²) >= 11 is 1.25. The highest BCUT2D eigenvalue weighted by molar-refractivity contribution is 7.10. The second kappa shape index (κ2) is 5.27. The van der Waals surface area contributed by atoms with Gasteiger partial charge in [0.15, 0.2) is 5.78 Å².